The van der Waals surface area contributed by atoms with E-state index in [2.05, 4.69) is 9.98 Å². The summed E-state index contributed by atoms with van der Waals surface area (Å²) in [5.41, 5.74) is 0.749. The van der Waals surface area contributed by atoms with Gasteiger partial charge in [0.2, 0.25) is 0 Å². The number of thioether (sulfide) groups is 1. The minimum absolute atomic E-state index is 0.0805. The van der Waals surface area contributed by atoms with E-state index in [0.717, 1.165) is 5.57 Å². The quantitative estimate of drug-likeness (QED) is 0.508. The van der Waals surface area contributed by atoms with Crippen molar-refractivity contribution in [2.24, 2.45) is 9.98 Å². The molecule has 0 aromatic heterocycles. The molecule has 0 aromatic carbocycles. The van der Waals surface area contributed by atoms with Crippen LogP contribution in [0.5, 0.6) is 0 Å². The molecule has 1 rings (SSSR count). The van der Waals surface area contributed by atoms with Gasteiger partial charge in [-0.25, -0.2) is 9.98 Å². The molecule has 0 aromatic rings. The van der Waals surface area contributed by atoms with Crippen LogP contribution in [0.2, 0.25) is 0 Å². The lowest BCUT2D eigenvalue weighted by atomic mass is 10.2. The summed E-state index contributed by atoms with van der Waals surface area (Å²) in [6.45, 7) is 1.55. The van der Waals surface area contributed by atoms with Crippen LogP contribution in [0.4, 0.5) is 0 Å². The zero-order valence-electron chi connectivity index (χ0n) is 8.52. The number of carbonyl (C=O) groups excluding carboxylic acids is 1. The van der Waals surface area contributed by atoms with E-state index in [1.165, 1.54) is 11.8 Å². The Kier molecular flexibility index (Phi) is 3.88. The van der Waals surface area contributed by atoms with E-state index >= 15 is 0 Å². The van der Waals surface area contributed by atoms with Crippen LogP contribution in [-0.4, -0.2) is 42.0 Å². The number of Topliss-reactive ketones (excluding diaryl/α,β-unsaturated/α-hetero) is 1. The van der Waals surface area contributed by atoms with Crippen LogP contribution in [0.25, 0.3) is 0 Å². The molecular weight excluding hydrogens is 198 g/mol. The van der Waals surface area contributed by atoms with Crippen molar-refractivity contribution in [2.75, 3.05) is 19.8 Å². The minimum Gasteiger partial charge on any atom is -0.369 e. The number of nitrogens with zero attached hydrogens (tertiary/aromatic N) is 3. The van der Waals surface area contributed by atoms with Crippen molar-refractivity contribution in [2.45, 2.75) is 6.92 Å². The van der Waals surface area contributed by atoms with Gasteiger partial charge in [0.15, 0.2) is 11.0 Å². The average molecular weight is 211 g/mol. The normalized spacial score (nSPS) is 16.5. The number of rotatable bonds is 2. The van der Waals surface area contributed by atoms with Crippen molar-refractivity contribution in [1.29, 1.82) is 0 Å². The maximum atomic E-state index is 11.0. The fourth-order valence-electron chi connectivity index (χ4n) is 0.778. The van der Waals surface area contributed by atoms with Crippen LogP contribution in [0.15, 0.2) is 21.8 Å². The van der Waals surface area contributed by atoms with E-state index in [1.807, 2.05) is 19.0 Å². The predicted molar refractivity (Wildman–Crippen MR) is 60.8 cm³/mol. The molecule has 5 heteroatoms. The third-order valence-electron chi connectivity index (χ3n) is 1.54. The molecular formula is C9H13N3OS. The molecule has 1 heterocycles. The van der Waals surface area contributed by atoms with Gasteiger partial charge in [0.1, 0.15) is 0 Å². The van der Waals surface area contributed by atoms with Crippen molar-refractivity contribution >= 4 is 29.1 Å². The summed E-state index contributed by atoms with van der Waals surface area (Å²) in [7, 11) is 3.79. The fraction of sp³-hybridized carbons (Fsp3) is 0.444. The number of amidine groups is 1. The van der Waals surface area contributed by atoms with Crippen LogP contribution in [0.1, 0.15) is 6.92 Å². The molecule has 0 spiro atoms. The summed E-state index contributed by atoms with van der Waals surface area (Å²) in [4.78, 5) is 21.0. The van der Waals surface area contributed by atoms with Gasteiger partial charge in [-0.05, 0) is 6.92 Å². The molecule has 0 atom stereocenters. The number of hydrogen-bond acceptors (Lipinski definition) is 4. The molecule has 1 aliphatic rings. The molecule has 0 saturated heterocycles. The number of carbonyl (C=O) groups is 1. The van der Waals surface area contributed by atoms with Crippen LogP contribution < -0.4 is 0 Å². The summed E-state index contributed by atoms with van der Waals surface area (Å²) >= 11 is 1.48. The lowest BCUT2D eigenvalue weighted by Gasteiger charge is -2.08. The van der Waals surface area contributed by atoms with E-state index < -0.39 is 0 Å². The summed E-state index contributed by atoms with van der Waals surface area (Å²) in [5.74, 6) is 0.746. The zero-order chi connectivity index (χ0) is 10.6. The Balaban J connectivity index is 2.64. The van der Waals surface area contributed by atoms with Gasteiger partial charge in [-0.2, -0.15) is 0 Å². The highest BCUT2D eigenvalue weighted by atomic mass is 32.2. The maximum Gasteiger partial charge on any atom is 0.189 e. The molecule has 14 heavy (non-hydrogen) atoms. The second-order valence-electron chi connectivity index (χ2n) is 3.12. The van der Waals surface area contributed by atoms with Crippen LogP contribution in [-0.2, 0) is 4.79 Å². The largest absolute Gasteiger partial charge is 0.369 e. The van der Waals surface area contributed by atoms with Gasteiger partial charge in [0.05, 0.1) is 6.34 Å². The SMILES string of the molecule is CC(=O)C1=CN=C(/N=C\N(C)C)SC1. The highest BCUT2D eigenvalue weighted by molar-refractivity contribution is 8.14. The molecule has 0 radical (unpaired) electrons. The van der Waals surface area contributed by atoms with Crippen LogP contribution in [0, 0.1) is 0 Å². The molecule has 0 amide bonds. The van der Waals surface area contributed by atoms with Gasteiger partial charge < -0.3 is 4.90 Å². The summed E-state index contributed by atoms with van der Waals surface area (Å²) < 4.78 is 0. The third-order valence-corrected chi connectivity index (χ3v) is 2.46. The lowest BCUT2D eigenvalue weighted by molar-refractivity contribution is -0.113. The number of ketones is 1. The molecule has 0 unspecified atom stereocenters. The minimum atomic E-state index is 0.0805. The van der Waals surface area contributed by atoms with Gasteiger partial charge in [-0.3, -0.25) is 4.79 Å². The Labute approximate surface area is 87.8 Å². The van der Waals surface area contributed by atoms with Crippen molar-refractivity contribution in [3.63, 3.8) is 0 Å². The standard InChI is InChI=1S/C9H13N3OS/c1-7(13)8-4-10-9(14-5-8)11-6-12(2)3/h4,6H,5H2,1-3H3/b11-6-. The first-order chi connectivity index (χ1) is 6.59. The number of aliphatic imine (C=N–C) groups is 2. The Bertz CT molecular complexity index is 318. The Morgan fingerprint density at radius 1 is 1.71 bits per heavy atom. The maximum absolute atomic E-state index is 11.0. The van der Waals surface area contributed by atoms with Gasteiger partial charge >= 0.3 is 0 Å². The van der Waals surface area contributed by atoms with Gasteiger partial charge in [-0.1, -0.05) is 11.8 Å². The molecule has 76 valence electrons. The first-order valence-corrected chi connectivity index (χ1v) is 5.19. The molecule has 4 nitrogen and oxygen atoms in total. The lowest BCUT2D eigenvalue weighted by Crippen LogP contribution is -2.10. The second-order valence-corrected chi connectivity index (χ2v) is 4.06. The summed E-state index contributed by atoms with van der Waals surface area (Å²) in [6, 6.07) is 0. The van der Waals surface area contributed by atoms with Crippen molar-refractivity contribution in [1.82, 2.24) is 4.90 Å². The van der Waals surface area contributed by atoms with Crippen molar-refractivity contribution in [3.8, 4) is 0 Å². The molecule has 0 saturated carbocycles. The summed E-state index contributed by atoms with van der Waals surface area (Å²) in [6.07, 6.45) is 3.29. The average Bonchev–Trinajstić information content (AvgIpc) is 2.15. The molecule has 0 aliphatic carbocycles. The second kappa shape index (κ2) is 4.95. The molecule has 0 N–H and O–H groups in total. The fourth-order valence-corrected chi connectivity index (χ4v) is 1.59. The summed E-state index contributed by atoms with van der Waals surface area (Å²) in [5, 5.41) is 0.698. The predicted octanol–water partition coefficient (Wildman–Crippen LogP) is 1.15. The number of hydrogen-bond donors (Lipinski definition) is 0. The molecule has 1 aliphatic heterocycles. The van der Waals surface area contributed by atoms with Gasteiger partial charge in [-0.15, -0.1) is 0 Å². The first-order valence-electron chi connectivity index (χ1n) is 4.21. The van der Waals surface area contributed by atoms with Crippen molar-refractivity contribution < 1.29 is 4.79 Å². The van der Waals surface area contributed by atoms with E-state index in [4.69, 9.17) is 0 Å². The Morgan fingerprint density at radius 2 is 2.43 bits per heavy atom. The van der Waals surface area contributed by atoms with Gasteiger partial charge in [0, 0.05) is 31.6 Å². The smallest absolute Gasteiger partial charge is 0.189 e. The van der Waals surface area contributed by atoms with Crippen LogP contribution in [0.3, 0.4) is 0 Å². The van der Waals surface area contributed by atoms with Crippen LogP contribution >= 0.6 is 11.8 Å². The highest BCUT2D eigenvalue weighted by Gasteiger charge is 2.10. The molecule has 0 fully saturated rings. The topological polar surface area (TPSA) is 45.0 Å². The van der Waals surface area contributed by atoms with E-state index in [9.17, 15) is 4.79 Å². The highest BCUT2D eigenvalue weighted by Crippen LogP contribution is 2.17. The van der Waals surface area contributed by atoms with E-state index in [-0.39, 0.29) is 5.78 Å². The van der Waals surface area contributed by atoms with Crippen molar-refractivity contribution in [3.05, 3.63) is 11.8 Å². The molecule has 0 bridgehead atoms. The Hall–Kier alpha value is -1.10. The zero-order valence-corrected chi connectivity index (χ0v) is 9.34. The first kappa shape index (κ1) is 11.0. The monoisotopic (exact) mass is 211 g/mol. The Morgan fingerprint density at radius 3 is 2.86 bits per heavy atom. The van der Waals surface area contributed by atoms with E-state index in [1.54, 1.807) is 19.5 Å². The van der Waals surface area contributed by atoms with Gasteiger partial charge in [0.25, 0.3) is 0 Å². The van der Waals surface area contributed by atoms with E-state index in [0.29, 0.717) is 10.9 Å². The third kappa shape index (κ3) is 3.33.